The standard InChI is InChI=1S/C11H9F3N4O4S3/c12-11(13,14)8-16-17-9(25-8)24-2-3-1-23-7-4(15)5(19)18(7)6(3)22-10(20)21/h4,7H,1-2,15H2,(H,20,21)/t4?,7-/m0/s1. The maximum absolute atomic E-state index is 12.5. The van der Waals surface area contributed by atoms with Gasteiger partial charge in [-0.15, -0.1) is 22.0 Å². The molecule has 2 aliphatic rings. The van der Waals surface area contributed by atoms with E-state index in [0.717, 1.165) is 16.7 Å². The van der Waals surface area contributed by atoms with Gasteiger partial charge >= 0.3 is 12.3 Å². The zero-order valence-electron chi connectivity index (χ0n) is 12.0. The number of hydrogen-bond donors (Lipinski definition) is 2. The van der Waals surface area contributed by atoms with Crippen molar-refractivity contribution < 1.29 is 32.6 Å². The second kappa shape index (κ2) is 6.66. The Kier molecular flexibility index (Phi) is 4.87. The molecule has 3 N–H and O–H groups in total. The lowest BCUT2D eigenvalue weighted by molar-refractivity contribution is -0.144. The molecule has 8 nitrogen and oxygen atoms in total. The number of nitrogens with zero attached hydrogens (tertiary/aromatic N) is 3. The number of aromatic nitrogens is 2. The van der Waals surface area contributed by atoms with E-state index in [2.05, 4.69) is 10.2 Å². The smallest absolute Gasteiger partial charge is 0.449 e. The van der Waals surface area contributed by atoms with Gasteiger partial charge in [0.2, 0.25) is 16.8 Å². The third-order valence-corrected chi connectivity index (χ3v) is 6.79. The van der Waals surface area contributed by atoms with Crippen molar-refractivity contribution in [3.05, 3.63) is 16.5 Å². The van der Waals surface area contributed by atoms with Crippen LogP contribution in [0.25, 0.3) is 0 Å². The molecule has 0 spiro atoms. The first-order chi connectivity index (χ1) is 11.7. The van der Waals surface area contributed by atoms with Crippen LogP contribution >= 0.6 is 34.9 Å². The number of amides is 1. The van der Waals surface area contributed by atoms with Crippen LogP contribution in [0, 0.1) is 0 Å². The number of carbonyl (C=O) groups excluding carboxylic acids is 1. The van der Waals surface area contributed by atoms with Crippen LogP contribution in [-0.4, -0.2) is 55.2 Å². The third kappa shape index (κ3) is 3.56. The summed E-state index contributed by atoms with van der Waals surface area (Å²) < 4.78 is 42.4. The highest BCUT2D eigenvalue weighted by molar-refractivity contribution is 8.01. The lowest BCUT2D eigenvalue weighted by Crippen LogP contribution is -2.68. The molecule has 14 heteroatoms. The number of halogens is 3. The Bertz CT molecular complexity index is 753. The van der Waals surface area contributed by atoms with Crippen molar-refractivity contribution in [2.45, 2.75) is 21.9 Å². The van der Waals surface area contributed by atoms with Gasteiger partial charge in [0, 0.05) is 17.1 Å². The topological polar surface area (TPSA) is 119 Å². The maximum Gasteiger partial charge on any atom is 0.512 e. The van der Waals surface area contributed by atoms with Crippen molar-refractivity contribution in [2.24, 2.45) is 5.73 Å². The van der Waals surface area contributed by atoms with Crippen molar-refractivity contribution in [2.75, 3.05) is 11.5 Å². The molecule has 1 fully saturated rings. The second-order valence-electron chi connectivity index (χ2n) is 4.87. The number of ether oxygens (including phenoxy) is 1. The number of carbonyl (C=O) groups is 2. The van der Waals surface area contributed by atoms with Crippen molar-refractivity contribution >= 4 is 46.9 Å². The van der Waals surface area contributed by atoms with Crippen LogP contribution in [0.1, 0.15) is 5.01 Å². The first-order valence-electron chi connectivity index (χ1n) is 6.55. The number of nitrogens with two attached hydrogens (primary N) is 1. The van der Waals surface area contributed by atoms with Crippen LogP contribution in [-0.2, 0) is 15.7 Å². The van der Waals surface area contributed by atoms with E-state index in [1.165, 1.54) is 11.8 Å². The molecule has 0 bridgehead atoms. The summed E-state index contributed by atoms with van der Waals surface area (Å²) in [5, 5.41) is 13.9. The molecule has 0 aliphatic carbocycles. The fraction of sp³-hybridized carbons (Fsp3) is 0.455. The highest BCUT2D eigenvalue weighted by Crippen LogP contribution is 2.42. The van der Waals surface area contributed by atoms with Gasteiger partial charge in [0.25, 0.3) is 0 Å². The van der Waals surface area contributed by atoms with E-state index >= 15 is 0 Å². The van der Waals surface area contributed by atoms with Gasteiger partial charge in [-0.3, -0.25) is 9.69 Å². The van der Waals surface area contributed by atoms with Gasteiger partial charge in [-0.1, -0.05) is 23.1 Å². The fourth-order valence-electron chi connectivity index (χ4n) is 2.14. The molecular weight excluding hydrogens is 405 g/mol. The molecule has 25 heavy (non-hydrogen) atoms. The summed E-state index contributed by atoms with van der Waals surface area (Å²) in [6.07, 6.45) is -6.16. The Morgan fingerprint density at radius 2 is 2.20 bits per heavy atom. The largest absolute Gasteiger partial charge is 0.512 e. The number of alkyl halides is 3. The van der Waals surface area contributed by atoms with Crippen LogP contribution in [0.2, 0.25) is 0 Å². The molecule has 3 heterocycles. The molecule has 1 unspecified atom stereocenters. The highest BCUT2D eigenvalue weighted by atomic mass is 32.2. The minimum absolute atomic E-state index is 0.0771. The Morgan fingerprint density at radius 3 is 2.80 bits per heavy atom. The van der Waals surface area contributed by atoms with Gasteiger partial charge in [0.1, 0.15) is 11.4 Å². The van der Waals surface area contributed by atoms with Crippen LogP contribution in [0.3, 0.4) is 0 Å². The molecule has 1 aromatic rings. The summed E-state index contributed by atoms with van der Waals surface area (Å²) in [5.74, 6) is -0.154. The van der Waals surface area contributed by atoms with Crippen molar-refractivity contribution in [3.8, 4) is 0 Å². The molecule has 3 rings (SSSR count). The van der Waals surface area contributed by atoms with Gasteiger partial charge in [-0.05, 0) is 0 Å². The first kappa shape index (κ1) is 18.3. The predicted octanol–water partition coefficient (Wildman–Crippen LogP) is 1.80. The minimum Gasteiger partial charge on any atom is -0.449 e. The van der Waals surface area contributed by atoms with E-state index in [1.54, 1.807) is 0 Å². The fourth-order valence-corrected chi connectivity index (χ4v) is 5.25. The van der Waals surface area contributed by atoms with Crippen LogP contribution in [0.15, 0.2) is 15.8 Å². The van der Waals surface area contributed by atoms with Gasteiger partial charge in [0.15, 0.2) is 4.34 Å². The first-order valence-corrected chi connectivity index (χ1v) is 9.40. The van der Waals surface area contributed by atoms with Crippen molar-refractivity contribution in [1.29, 1.82) is 0 Å². The maximum atomic E-state index is 12.5. The molecule has 1 aromatic heterocycles. The number of thioether (sulfide) groups is 2. The SMILES string of the molecule is NC1C(=O)N2C(OC(=O)O)=C(CSc3nnc(C(F)(F)F)s3)CS[C@@H]12. The number of hydrogen-bond acceptors (Lipinski definition) is 9. The Labute approximate surface area is 150 Å². The summed E-state index contributed by atoms with van der Waals surface area (Å²) >= 11 is 2.68. The molecule has 2 aliphatic heterocycles. The Balaban J connectivity index is 1.76. The van der Waals surface area contributed by atoms with E-state index in [1.807, 2.05) is 0 Å². The molecule has 1 amide bonds. The second-order valence-corrected chi connectivity index (χ2v) is 8.18. The molecule has 0 aromatic carbocycles. The van der Waals surface area contributed by atoms with Gasteiger partial charge < -0.3 is 15.6 Å². The van der Waals surface area contributed by atoms with E-state index in [-0.39, 0.29) is 16.0 Å². The average Bonchev–Trinajstić information content (AvgIpc) is 3.01. The average molecular weight is 414 g/mol. The summed E-state index contributed by atoms with van der Waals surface area (Å²) in [5.41, 5.74) is 6.11. The van der Waals surface area contributed by atoms with Gasteiger partial charge in [-0.2, -0.15) is 13.2 Å². The predicted molar refractivity (Wildman–Crippen MR) is 82.8 cm³/mol. The van der Waals surface area contributed by atoms with Gasteiger partial charge in [0.05, 0.1) is 0 Å². The normalized spacial score (nSPS) is 23.4. The summed E-state index contributed by atoms with van der Waals surface area (Å²) in [7, 11) is 0. The minimum atomic E-state index is -4.57. The lowest BCUT2D eigenvalue weighted by Gasteiger charge is -2.47. The molecule has 1 saturated heterocycles. The van der Waals surface area contributed by atoms with Crippen LogP contribution in [0.4, 0.5) is 18.0 Å². The molecule has 2 atom stereocenters. The van der Waals surface area contributed by atoms with Crippen LogP contribution in [0.5, 0.6) is 0 Å². The van der Waals surface area contributed by atoms with Crippen molar-refractivity contribution in [1.82, 2.24) is 15.1 Å². The lowest BCUT2D eigenvalue weighted by atomic mass is 10.1. The summed E-state index contributed by atoms with van der Waals surface area (Å²) in [6.45, 7) is 0. The number of β-lactam (4-membered cyclic amide) rings is 1. The Hall–Kier alpha value is -1.51. The Morgan fingerprint density at radius 1 is 1.48 bits per heavy atom. The van der Waals surface area contributed by atoms with E-state index in [9.17, 15) is 22.8 Å². The van der Waals surface area contributed by atoms with Crippen molar-refractivity contribution in [3.63, 3.8) is 0 Å². The van der Waals surface area contributed by atoms with E-state index in [4.69, 9.17) is 15.6 Å². The molecular formula is C11H9F3N4O4S3. The molecule has 136 valence electrons. The molecule has 0 saturated carbocycles. The quantitative estimate of drug-likeness (QED) is 0.432. The summed E-state index contributed by atoms with van der Waals surface area (Å²) in [4.78, 5) is 23.9. The molecule has 0 radical (unpaired) electrons. The number of fused-ring (bicyclic) bond motifs is 1. The number of rotatable bonds is 4. The van der Waals surface area contributed by atoms with E-state index < -0.39 is 34.7 Å². The highest BCUT2D eigenvalue weighted by Gasteiger charge is 2.51. The zero-order valence-corrected chi connectivity index (χ0v) is 14.5. The number of carboxylic acid groups (broad SMARTS) is 1. The zero-order chi connectivity index (χ0) is 18.4. The monoisotopic (exact) mass is 414 g/mol. The van der Waals surface area contributed by atoms with Gasteiger partial charge in [-0.25, -0.2) is 4.79 Å². The van der Waals surface area contributed by atoms with E-state index in [0.29, 0.717) is 22.7 Å². The summed E-state index contributed by atoms with van der Waals surface area (Å²) in [6, 6.07) is -0.732. The third-order valence-electron chi connectivity index (χ3n) is 3.24. The van der Waals surface area contributed by atoms with Crippen LogP contribution < -0.4 is 5.73 Å².